The Morgan fingerprint density at radius 1 is 1.30 bits per heavy atom. The first-order valence-corrected chi connectivity index (χ1v) is 6.90. The minimum Gasteiger partial charge on any atom is -0.456 e. The van der Waals surface area contributed by atoms with Crippen LogP contribution in [-0.4, -0.2) is 21.4 Å². The molecule has 0 amide bonds. The predicted octanol–water partition coefficient (Wildman–Crippen LogP) is 3.17. The summed E-state index contributed by atoms with van der Waals surface area (Å²) in [5, 5.41) is 4.14. The summed E-state index contributed by atoms with van der Waals surface area (Å²) in [5.74, 6) is -0.208. The monoisotopic (exact) mass is 337 g/mol. The molecule has 0 saturated heterocycles. The van der Waals surface area contributed by atoms with Crippen LogP contribution in [0.15, 0.2) is 34.9 Å². The van der Waals surface area contributed by atoms with Crippen LogP contribution in [0, 0.1) is 0 Å². The summed E-state index contributed by atoms with van der Waals surface area (Å²) in [4.78, 5) is 12.0. The number of halogens is 1. The van der Waals surface area contributed by atoms with Gasteiger partial charge in [-0.2, -0.15) is 5.10 Å². The van der Waals surface area contributed by atoms with Gasteiger partial charge in [-0.1, -0.05) is 15.9 Å². The van der Waals surface area contributed by atoms with Gasteiger partial charge in [-0.3, -0.25) is 0 Å². The lowest BCUT2D eigenvalue weighted by atomic mass is 10.2. The minimum atomic E-state index is -0.566. The molecular weight excluding hydrogens is 322 g/mol. The quantitative estimate of drug-likeness (QED) is 0.854. The van der Waals surface area contributed by atoms with Crippen LogP contribution in [0.4, 0.5) is 5.82 Å². The van der Waals surface area contributed by atoms with Crippen LogP contribution in [0.2, 0.25) is 0 Å². The molecule has 20 heavy (non-hydrogen) atoms. The molecule has 106 valence electrons. The number of nitrogens with two attached hydrogens (primary N) is 1. The molecular formula is C14H16BrN3O2. The van der Waals surface area contributed by atoms with Crippen LogP contribution in [0.5, 0.6) is 0 Å². The van der Waals surface area contributed by atoms with E-state index in [1.165, 1.54) is 10.9 Å². The Bertz CT molecular complexity index is 627. The first kappa shape index (κ1) is 14.6. The Morgan fingerprint density at radius 3 is 2.45 bits per heavy atom. The van der Waals surface area contributed by atoms with Crippen LogP contribution in [0.25, 0.3) is 5.69 Å². The third kappa shape index (κ3) is 3.19. The second-order valence-corrected chi connectivity index (χ2v) is 6.25. The van der Waals surface area contributed by atoms with Gasteiger partial charge in [0, 0.05) is 4.47 Å². The maximum Gasteiger partial charge on any atom is 0.344 e. The summed E-state index contributed by atoms with van der Waals surface area (Å²) in [5.41, 5.74) is 6.46. The van der Waals surface area contributed by atoms with Gasteiger partial charge in [0.25, 0.3) is 0 Å². The fourth-order valence-corrected chi connectivity index (χ4v) is 1.90. The van der Waals surface area contributed by atoms with Crippen molar-refractivity contribution in [2.24, 2.45) is 0 Å². The largest absolute Gasteiger partial charge is 0.456 e. The smallest absolute Gasteiger partial charge is 0.344 e. The number of rotatable bonds is 2. The van der Waals surface area contributed by atoms with Crippen molar-refractivity contribution in [2.75, 3.05) is 5.73 Å². The number of hydrogen-bond donors (Lipinski definition) is 1. The van der Waals surface area contributed by atoms with Crippen LogP contribution in [0.1, 0.15) is 31.1 Å². The molecule has 6 heteroatoms. The van der Waals surface area contributed by atoms with Gasteiger partial charge in [0.15, 0.2) is 0 Å². The fraction of sp³-hybridized carbons (Fsp3) is 0.286. The highest BCUT2D eigenvalue weighted by molar-refractivity contribution is 9.10. The van der Waals surface area contributed by atoms with Gasteiger partial charge in [-0.15, -0.1) is 0 Å². The third-order valence-electron chi connectivity index (χ3n) is 2.50. The third-order valence-corrected chi connectivity index (χ3v) is 3.03. The molecule has 0 unspecified atom stereocenters. The number of anilines is 1. The van der Waals surface area contributed by atoms with Crippen LogP contribution in [-0.2, 0) is 4.74 Å². The van der Waals surface area contributed by atoms with E-state index in [2.05, 4.69) is 21.0 Å². The van der Waals surface area contributed by atoms with E-state index in [0.29, 0.717) is 0 Å². The van der Waals surface area contributed by atoms with Gasteiger partial charge in [-0.25, -0.2) is 9.48 Å². The summed E-state index contributed by atoms with van der Waals surface area (Å²) in [6.07, 6.45) is 1.42. The zero-order chi connectivity index (χ0) is 14.9. The number of carbonyl (C=O) groups excluding carboxylic acids is 1. The number of ether oxygens (including phenoxy) is 1. The standard InChI is InChI=1S/C14H16BrN3O2/c1-14(2,3)20-13(19)11-8-17-18(12(11)16)10-6-4-9(15)5-7-10/h4-8H,16H2,1-3H3. The highest BCUT2D eigenvalue weighted by Crippen LogP contribution is 2.21. The van der Waals surface area contributed by atoms with E-state index < -0.39 is 11.6 Å². The second kappa shape index (κ2) is 5.28. The molecule has 5 nitrogen and oxygen atoms in total. The summed E-state index contributed by atoms with van der Waals surface area (Å²) in [6.45, 7) is 5.42. The SMILES string of the molecule is CC(C)(C)OC(=O)c1cnn(-c2ccc(Br)cc2)c1N. The number of aromatic nitrogens is 2. The van der Waals surface area contributed by atoms with Crippen molar-refractivity contribution in [1.29, 1.82) is 0 Å². The second-order valence-electron chi connectivity index (χ2n) is 5.33. The molecule has 1 heterocycles. The molecule has 2 N–H and O–H groups in total. The highest BCUT2D eigenvalue weighted by atomic mass is 79.9. The molecule has 0 saturated carbocycles. The van der Waals surface area contributed by atoms with E-state index in [9.17, 15) is 4.79 Å². The van der Waals surface area contributed by atoms with Crippen molar-refractivity contribution in [3.63, 3.8) is 0 Å². The average Bonchev–Trinajstić information content (AvgIpc) is 2.70. The minimum absolute atomic E-state index is 0.265. The van der Waals surface area contributed by atoms with E-state index in [-0.39, 0.29) is 11.4 Å². The molecule has 0 spiro atoms. The van der Waals surface area contributed by atoms with Crippen LogP contribution >= 0.6 is 15.9 Å². The zero-order valence-corrected chi connectivity index (χ0v) is 13.1. The number of carbonyl (C=O) groups is 1. The summed E-state index contributed by atoms with van der Waals surface area (Å²) >= 11 is 3.36. The van der Waals surface area contributed by atoms with Gasteiger partial charge in [0.1, 0.15) is 17.0 Å². The fourth-order valence-electron chi connectivity index (χ4n) is 1.64. The van der Waals surface area contributed by atoms with E-state index in [4.69, 9.17) is 10.5 Å². The Kier molecular flexibility index (Phi) is 3.85. The normalized spacial score (nSPS) is 11.4. The average molecular weight is 338 g/mol. The number of nitrogens with zero attached hydrogens (tertiary/aromatic N) is 2. The number of esters is 1. The molecule has 0 aliphatic heterocycles. The molecule has 2 aromatic rings. The van der Waals surface area contributed by atoms with Gasteiger partial charge >= 0.3 is 5.97 Å². The first-order valence-electron chi connectivity index (χ1n) is 6.11. The summed E-state index contributed by atoms with van der Waals surface area (Å²) < 4.78 is 7.76. The van der Waals surface area contributed by atoms with E-state index >= 15 is 0 Å². The van der Waals surface area contributed by atoms with Gasteiger partial charge in [0.2, 0.25) is 0 Å². The maximum absolute atomic E-state index is 12.0. The number of benzene rings is 1. The van der Waals surface area contributed by atoms with Crippen LogP contribution in [0.3, 0.4) is 0 Å². The van der Waals surface area contributed by atoms with Crippen LogP contribution < -0.4 is 5.73 Å². The van der Waals surface area contributed by atoms with E-state index in [0.717, 1.165) is 10.2 Å². The predicted molar refractivity (Wildman–Crippen MR) is 80.8 cm³/mol. The van der Waals surface area contributed by atoms with Crippen molar-refractivity contribution < 1.29 is 9.53 Å². The molecule has 0 atom stereocenters. The molecule has 0 aliphatic carbocycles. The Morgan fingerprint density at radius 2 is 1.90 bits per heavy atom. The lowest BCUT2D eigenvalue weighted by molar-refractivity contribution is 0.00708. The molecule has 0 aliphatic rings. The lowest BCUT2D eigenvalue weighted by Gasteiger charge is -2.19. The number of hydrogen-bond acceptors (Lipinski definition) is 4. The molecule has 2 rings (SSSR count). The molecule has 0 fully saturated rings. The zero-order valence-electron chi connectivity index (χ0n) is 11.6. The summed E-state index contributed by atoms with van der Waals surface area (Å²) in [6, 6.07) is 7.46. The van der Waals surface area contributed by atoms with Crippen molar-refractivity contribution in [2.45, 2.75) is 26.4 Å². The molecule has 0 radical (unpaired) electrons. The Balaban J connectivity index is 2.32. The van der Waals surface area contributed by atoms with E-state index in [1.807, 2.05) is 24.3 Å². The first-order chi connectivity index (χ1) is 9.28. The summed E-state index contributed by atoms with van der Waals surface area (Å²) in [7, 11) is 0. The van der Waals surface area contributed by atoms with Crippen molar-refractivity contribution in [3.05, 3.63) is 40.5 Å². The lowest BCUT2D eigenvalue weighted by Crippen LogP contribution is -2.24. The Hall–Kier alpha value is -1.82. The van der Waals surface area contributed by atoms with Gasteiger partial charge < -0.3 is 10.5 Å². The maximum atomic E-state index is 12.0. The van der Waals surface area contributed by atoms with Crippen molar-refractivity contribution in [1.82, 2.24) is 9.78 Å². The Labute approximate surface area is 125 Å². The highest BCUT2D eigenvalue weighted by Gasteiger charge is 2.22. The van der Waals surface area contributed by atoms with Gasteiger partial charge in [-0.05, 0) is 45.0 Å². The topological polar surface area (TPSA) is 70.1 Å². The molecule has 1 aromatic carbocycles. The van der Waals surface area contributed by atoms with Gasteiger partial charge in [0.05, 0.1) is 11.9 Å². The van der Waals surface area contributed by atoms with E-state index in [1.54, 1.807) is 20.8 Å². The number of nitrogen functional groups attached to an aromatic ring is 1. The van der Waals surface area contributed by atoms with Crippen molar-refractivity contribution in [3.8, 4) is 5.69 Å². The molecule has 0 bridgehead atoms. The van der Waals surface area contributed by atoms with Crippen molar-refractivity contribution >= 4 is 27.7 Å². The molecule has 1 aromatic heterocycles.